The molecule has 0 bridgehead atoms. The molecule has 0 fully saturated rings. The molecule has 5 nitrogen and oxygen atoms in total. The number of carboxylic acid groups (broad SMARTS) is 1. The number of sulfonamides is 1. The molecular formula is C9H10NO4S-. The van der Waals surface area contributed by atoms with Gasteiger partial charge in [-0.3, -0.25) is 0 Å². The fourth-order valence-corrected chi connectivity index (χ4v) is 1.50. The van der Waals surface area contributed by atoms with Crippen LogP contribution in [-0.2, 0) is 16.6 Å². The van der Waals surface area contributed by atoms with Crippen LogP contribution < -0.4 is 9.83 Å². The van der Waals surface area contributed by atoms with Crippen LogP contribution in [0.1, 0.15) is 15.9 Å². The summed E-state index contributed by atoms with van der Waals surface area (Å²) in [5.74, 6) is -1.32. The smallest absolute Gasteiger partial charge is 0.209 e. The molecule has 0 aliphatic carbocycles. The number of benzene rings is 1. The predicted octanol–water partition coefficient (Wildman–Crippen LogP) is -0.901. The fraction of sp³-hybridized carbons (Fsp3) is 0.222. The minimum absolute atomic E-state index is 0.00588. The van der Waals surface area contributed by atoms with E-state index in [1.807, 2.05) is 0 Å². The molecule has 15 heavy (non-hydrogen) atoms. The van der Waals surface area contributed by atoms with E-state index in [9.17, 15) is 18.3 Å². The third kappa shape index (κ3) is 3.69. The Bertz CT molecular complexity index is 467. The van der Waals surface area contributed by atoms with Crippen molar-refractivity contribution in [1.29, 1.82) is 0 Å². The molecule has 1 N–H and O–H groups in total. The van der Waals surface area contributed by atoms with Crippen LogP contribution in [0.4, 0.5) is 0 Å². The van der Waals surface area contributed by atoms with Crippen LogP contribution in [0, 0.1) is 0 Å². The van der Waals surface area contributed by atoms with E-state index in [0.29, 0.717) is 5.56 Å². The second-order valence-corrected chi connectivity index (χ2v) is 4.87. The van der Waals surface area contributed by atoms with Crippen LogP contribution in [0.15, 0.2) is 24.3 Å². The van der Waals surface area contributed by atoms with Crippen molar-refractivity contribution in [1.82, 2.24) is 4.72 Å². The van der Waals surface area contributed by atoms with Crippen molar-refractivity contribution in [3.63, 3.8) is 0 Å². The van der Waals surface area contributed by atoms with E-state index in [0.717, 1.165) is 6.26 Å². The van der Waals surface area contributed by atoms with E-state index in [2.05, 4.69) is 4.72 Å². The summed E-state index contributed by atoms with van der Waals surface area (Å²) in [5, 5.41) is 10.7. The van der Waals surface area contributed by atoms with E-state index >= 15 is 0 Å². The molecule has 6 heteroatoms. The molecule has 0 saturated carbocycles. The highest BCUT2D eigenvalue weighted by molar-refractivity contribution is 7.88. The standard InChI is InChI=1S/C9H11NO4S/c1-15(13,14)10-6-7-4-2-3-5-8(7)9(11)12/h2-5,10H,6H2,1H3,(H,11,12)/p-1. The molecule has 0 aliphatic rings. The first-order valence-corrected chi connectivity index (χ1v) is 6.03. The van der Waals surface area contributed by atoms with Gasteiger partial charge in [-0.25, -0.2) is 13.1 Å². The maximum atomic E-state index is 10.8. The van der Waals surface area contributed by atoms with Crippen molar-refractivity contribution in [2.75, 3.05) is 6.26 Å². The number of rotatable bonds is 4. The van der Waals surface area contributed by atoms with Gasteiger partial charge in [0, 0.05) is 12.1 Å². The van der Waals surface area contributed by atoms with Gasteiger partial charge in [0.25, 0.3) is 0 Å². The summed E-state index contributed by atoms with van der Waals surface area (Å²) >= 11 is 0. The Balaban J connectivity index is 2.90. The van der Waals surface area contributed by atoms with Gasteiger partial charge in [0.05, 0.1) is 12.2 Å². The number of carbonyl (C=O) groups excluding carboxylic acids is 1. The summed E-state index contributed by atoms with van der Waals surface area (Å²) in [6.45, 7) is -0.0526. The molecule has 82 valence electrons. The molecule has 0 spiro atoms. The number of hydrogen-bond donors (Lipinski definition) is 1. The molecule has 0 heterocycles. The van der Waals surface area contributed by atoms with E-state index in [1.165, 1.54) is 12.1 Å². The van der Waals surface area contributed by atoms with Crippen molar-refractivity contribution in [3.05, 3.63) is 35.4 Å². The van der Waals surface area contributed by atoms with Crippen molar-refractivity contribution >= 4 is 16.0 Å². The summed E-state index contributed by atoms with van der Waals surface area (Å²) < 4.78 is 23.8. The maximum Gasteiger partial charge on any atom is 0.209 e. The van der Waals surface area contributed by atoms with Crippen molar-refractivity contribution in [2.45, 2.75) is 6.54 Å². The summed E-state index contributed by atoms with van der Waals surface area (Å²) in [5.41, 5.74) is 0.372. The zero-order chi connectivity index (χ0) is 11.5. The van der Waals surface area contributed by atoms with E-state index < -0.39 is 16.0 Å². The third-order valence-corrected chi connectivity index (χ3v) is 2.43. The molecule has 0 unspecified atom stereocenters. The van der Waals surface area contributed by atoms with Gasteiger partial charge < -0.3 is 9.90 Å². The van der Waals surface area contributed by atoms with Crippen molar-refractivity contribution in [3.8, 4) is 0 Å². The Hall–Kier alpha value is -1.40. The lowest BCUT2D eigenvalue weighted by Crippen LogP contribution is -2.27. The van der Waals surface area contributed by atoms with Gasteiger partial charge in [-0.05, 0) is 5.56 Å². The van der Waals surface area contributed by atoms with Crippen molar-refractivity contribution in [2.24, 2.45) is 0 Å². The minimum atomic E-state index is -3.33. The summed E-state index contributed by atoms with van der Waals surface area (Å²) in [4.78, 5) is 10.7. The molecule has 0 aliphatic heterocycles. The minimum Gasteiger partial charge on any atom is -0.545 e. The first kappa shape index (κ1) is 11.7. The zero-order valence-corrected chi connectivity index (χ0v) is 8.87. The van der Waals surface area contributed by atoms with Gasteiger partial charge in [0.2, 0.25) is 10.0 Å². The van der Waals surface area contributed by atoms with E-state index in [-0.39, 0.29) is 12.1 Å². The van der Waals surface area contributed by atoms with Gasteiger partial charge in [0.1, 0.15) is 0 Å². The molecule has 1 aromatic carbocycles. The first-order chi connectivity index (χ1) is 6.90. The summed E-state index contributed by atoms with van der Waals surface area (Å²) in [6, 6.07) is 6.08. The molecule has 1 aromatic rings. The fourth-order valence-electron chi connectivity index (χ4n) is 1.08. The Morgan fingerprint density at radius 1 is 1.40 bits per heavy atom. The SMILES string of the molecule is CS(=O)(=O)NCc1ccccc1C(=O)[O-]. The largest absolute Gasteiger partial charge is 0.545 e. The highest BCUT2D eigenvalue weighted by atomic mass is 32.2. The molecule has 0 amide bonds. The predicted molar refractivity (Wildman–Crippen MR) is 52.5 cm³/mol. The molecule has 1 rings (SSSR count). The van der Waals surface area contributed by atoms with Crippen LogP contribution in [0.5, 0.6) is 0 Å². The van der Waals surface area contributed by atoms with Gasteiger partial charge in [-0.15, -0.1) is 0 Å². The Morgan fingerprint density at radius 2 is 2.00 bits per heavy atom. The second kappa shape index (κ2) is 4.41. The maximum absolute atomic E-state index is 10.8. The van der Waals surface area contributed by atoms with Crippen LogP contribution in [-0.4, -0.2) is 20.6 Å². The number of nitrogens with one attached hydrogen (secondary N) is 1. The van der Waals surface area contributed by atoms with Crippen LogP contribution in [0.3, 0.4) is 0 Å². The van der Waals surface area contributed by atoms with Gasteiger partial charge in [-0.2, -0.15) is 0 Å². The number of carboxylic acids is 1. The lowest BCUT2D eigenvalue weighted by molar-refractivity contribution is -0.255. The van der Waals surface area contributed by atoms with Gasteiger partial charge in [-0.1, -0.05) is 24.3 Å². The highest BCUT2D eigenvalue weighted by Crippen LogP contribution is 2.07. The van der Waals surface area contributed by atoms with Crippen LogP contribution >= 0.6 is 0 Å². The number of aromatic carboxylic acids is 1. The number of carbonyl (C=O) groups is 1. The lowest BCUT2D eigenvalue weighted by atomic mass is 10.1. The van der Waals surface area contributed by atoms with Gasteiger partial charge in [0.15, 0.2) is 0 Å². The van der Waals surface area contributed by atoms with E-state index in [1.54, 1.807) is 12.1 Å². The average Bonchev–Trinajstić information content (AvgIpc) is 2.14. The third-order valence-electron chi connectivity index (χ3n) is 1.76. The molecule has 0 saturated heterocycles. The topological polar surface area (TPSA) is 86.3 Å². The Morgan fingerprint density at radius 3 is 2.53 bits per heavy atom. The van der Waals surface area contributed by atoms with Crippen LogP contribution in [0.25, 0.3) is 0 Å². The van der Waals surface area contributed by atoms with E-state index in [4.69, 9.17) is 0 Å². The average molecular weight is 228 g/mol. The zero-order valence-electron chi connectivity index (χ0n) is 8.06. The first-order valence-electron chi connectivity index (χ1n) is 4.14. The Labute approximate surface area is 87.8 Å². The molecular weight excluding hydrogens is 218 g/mol. The molecule has 0 atom stereocenters. The Kier molecular flexibility index (Phi) is 3.43. The van der Waals surface area contributed by atoms with Crippen LogP contribution in [0.2, 0.25) is 0 Å². The quantitative estimate of drug-likeness (QED) is 0.723. The monoisotopic (exact) mass is 228 g/mol. The molecule has 0 radical (unpaired) electrons. The summed E-state index contributed by atoms with van der Waals surface area (Å²) in [7, 11) is -3.33. The molecule has 0 aromatic heterocycles. The summed E-state index contributed by atoms with van der Waals surface area (Å²) in [6.07, 6.45) is 1.01. The number of hydrogen-bond acceptors (Lipinski definition) is 4. The van der Waals surface area contributed by atoms with Gasteiger partial charge >= 0.3 is 0 Å². The van der Waals surface area contributed by atoms with Crippen molar-refractivity contribution < 1.29 is 18.3 Å². The normalized spacial score (nSPS) is 11.3. The second-order valence-electron chi connectivity index (χ2n) is 3.04. The lowest BCUT2D eigenvalue weighted by Gasteiger charge is -2.09. The highest BCUT2D eigenvalue weighted by Gasteiger charge is 2.05.